The van der Waals surface area contributed by atoms with Crippen LogP contribution in [0.15, 0.2) is 23.3 Å². The zero-order chi connectivity index (χ0) is 21.3. The van der Waals surface area contributed by atoms with Crippen molar-refractivity contribution in [3.63, 3.8) is 0 Å². The quantitative estimate of drug-likeness (QED) is 0.534. The highest BCUT2D eigenvalue weighted by atomic mass is 16.4. The monoisotopic (exact) mass is 389 g/mol. The lowest BCUT2D eigenvalue weighted by Crippen LogP contribution is -2.19. The molecule has 0 atom stereocenters. The number of aliphatic carboxylic acids is 1. The fourth-order valence-corrected chi connectivity index (χ4v) is 3.75. The first kappa shape index (κ1) is 22.1. The minimum Gasteiger partial charge on any atom is -0.494 e. The molecule has 0 aliphatic heterocycles. The number of rotatable bonds is 8. The topological polar surface area (TPSA) is 82.7 Å². The van der Waals surface area contributed by atoms with Crippen molar-refractivity contribution in [3.05, 3.63) is 34.4 Å². The zero-order valence-corrected chi connectivity index (χ0v) is 18.1. The van der Waals surface area contributed by atoms with Crippen LogP contribution < -0.4 is 0 Å². The molecule has 1 aromatic heterocycles. The van der Waals surface area contributed by atoms with Gasteiger partial charge in [0.05, 0.1) is 0 Å². The van der Waals surface area contributed by atoms with E-state index >= 15 is 0 Å². The zero-order valence-electron chi connectivity index (χ0n) is 18.1. The molecule has 0 spiro atoms. The van der Waals surface area contributed by atoms with Crippen molar-refractivity contribution in [2.45, 2.75) is 80.2 Å². The third-order valence-corrected chi connectivity index (χ3v) is 6.67. The molecule has 0 fully saturated rings. The Morgan fingerprint density at radius 2 is 1.79 bits per heavy atom. The third kappa shape index (κ3) is 4.45. The standard InChI is InChI=1S/C23H35NO4/c1-7-22(3,4)15(2)9-8-12-23(5,6)16-10-11-17-18(13-16)21(28)24(20(17)27)14-19(25)26/h9-10,27-28H,7-8,11-14H2,1-6H3,(H,25,26). The van der Waals surface area contributed by atoms with Crippen molar-refractivity contribution < 1.29 is 20.1 Å². The minimum atomic E-state index is -1.09. The summed E-state index contributed by atoms with van der Waals surface area (Å²) in [5, 5.41) is 29.8. The minimum absolute atomic E-state index is 0.0399. The normalized spacial score (nSPS) is 15.4. The fraction of sp³-hybridized carbons (Fsp3) is 0.609. The maximum absolute atomic E-state index is 11.0. The SMILES string of the molecule is CCC(C)(C)C(C)=CCCC(C)(C)C1=CCc2c(c(O)n(CC(=O)O)c2O)C1. The molecule has 0 saturated heterocycles. The Labute approximate surface area is 168 Å². The van der Waals surface area contributed by atoms with Crippen LogP contribution in [0.3, 0.4) is 0 Å². The molecule has 28 heavy (non-hydrogen) atoms. The molecule has 0 bridgehead atoms. The Kier molecular flexibility index (Phi) is 6.37. The summed E-state index contributed by atoms with van der Waals surface area (Å²) in [5.74, 6) is -1.36. The smallest absolute Gasteiger partial charge is 0.323 e. The van der Waals surface area contributed by atoms with E-state index < -0.39 is 12.5 Å². The van der Waals surface area contributed by atoms with E-state index in [9.17, 15) is 15.0 Å². The van der Waals surface area contributed by atoms with Crippen LogP contribution >= 0.6 is 0 Å². The predicted octanol–water partition coefficient (Wildman–Crippen LogP) is 5.20. The number of carboxylic acid groups (broad SMARTS) is 1. The Morgan fingerprint density at radius 1 is 1.18 bits per heavy atom. The number of aromatic hydroxyl groups is 2. The largest absolute Gasteiger partial charge is 0.494 e. The summed E-state index contributed by atoms with van der Waals surface area (Å²) in [6.45, 7) is 12.9. The Bertz CT molecular complexity index is 809. The van der Waals surface area contributed by atoms with E-state index in [0.29, 0.717) is 24.0 Å². The van der Waals surface area contributed by atoms with Gasteiger partial charge in [0.25, 0.3) is 0 Å². The van der Waals surface area contributed by atoms with Crippen LogP contribution in [0.25, 0.3) is 0 Å². The summed E-state index contributed by atoms with van der Waals surface area (Å²) in [6, 6.07) is 0. The van der Waals surface area contributed by atoms with Gasteiger partial charge in [-0.05, 0) is 49.9 Å². The third-order valence-electron chi connectivity index (χ3n) is 6.67. The van der Waals surface area contributed by atoms with Gasteiger partial charge in [0, 0.05) is 11.1 Å². The van der Waals surface area contributed by atoms with Crippen molar-refractivity contribution in [1.29, 1.82) is 0 Å². The van der Waals surface area contributed by atoms with Crippen LogP contribution in [0.1, 0.15) is 71.9 Å². The molecule has 0 unspecified atom stereocenters. The molecule has 1 aromatic rings. The molecule has 156 valence electrons. The first-order chi connectivity index (χ1) is 12.9. The van der Waals surface area contributed by atoms with Crippen molar-refractivity contribution in [2.75, 3.05) is 0 Å². The molecule has 5 nitrogen and oxygen atoms in total. The van der Waals surface area contributed by atoms with E-state index in [1.807, 2.05) is 0 Å². The van der Waals surface area contributed by atoms with Crippen molar-refractivity contribution in [2.24, 2.45) is 10.8 Å². The molecule has 0 aromatic carbocycles. The lowest BCUT2D eigenvalue weighted by Gasteiger charge is -2.31. The van der Waals surface area contributed by atoms with Crippen molar-refractivity contribution in [1.82, 2.24) is 4.57 Å². The number of carboxylic acids is 1. The highest BCUT2D eigenvalue weighted by Gasteiger charge is 2.31. The van der Waals surface area contributed by atoms with Crippen LogP contribution in [-0.2, 0) is 24.2 Å². The summed E-state index contributed by atoms with van der Waals surface area (Å²) < 4.78 is 1.08. The number of fused-ring (bicyclic) bond motifs is 1. The molecule has 5 heteroatoms. The molecule has 1 aliphatic carbocycles. The molecule has 1 aliphatic rings. The Balaban J connectivity index is 2.15. The van der Waals surface area contributed by atoms with E-state index in [1.54, 1.807) is 0 Å². The van der Waals surface area contributed by atoms with Crippen LogP contribution in [0.2, 0.25) is 0 Å². The number of hydrogen-bond donors (Lipinski definition) is 3. The van der Waals surface area contributed by atoms with Gasteiger partial charge in [0.2, 0.25) is 0 Å². The summed E-state index contributed by atoms with van der Waals surface area (Å²) >= 11 is 0. The van der Waals surface area contributed by atoms with Gasteiger partial charge in [0.15, 0.2) is 11.8 Å². The molecular formula is C23H35NO4. The predicted molar refractivity (Wildman–Crippen MR) is 112 cm³/mol. The average molecular weight is 390 g/mol. The van der Waals surface area contributed by atoms with Gasteiger partial charge < -0.3 is 15.3 Å². The number of hydrogen-bond acceptors (Lipinski definition) is 3. The second-order valence-electron chi connectivity index (χ2n) is 9.24. The Morgan fingerprint density at radius 3 is 2.36 bits per heavy atom. The van der Waals surface area contributed by atoms with Gasteiger partial charge >= 0.3 is 5.97 Å². The number of nitrogens with zero attached hydrogens (tertiary/aromatic N) is 1. The molecule has 2 rings (SSSR count). The molecular weight excluding hydrogens is 354 g/mol. The van der Waals surface area contributed by atoms with E-state index in [2.05, 4.69) is 53.7 Å². The maximum Gasteiger partial charge on any atom is 0.323 e. The van der Waals surface area contributed by atoms with Crippen molar-refractivity contribution in [3.8, 4) is 11.8 Å². The van der Waals surface area contributed by atoms with Crippen molar-refractivity contribution >= 4 is 5.97 Å². The van der Waals surface area contributed by atoms with Gasteiger partial charge in [-0.2, -0.15) is 0 Å². The van der Waals surface area contributed by atoms with Gasteiger partial charge in [-0.15, -0.1) is 0 Å². The molecule has 0 amide bonds. The van der Waals surface area contributed by atoms with E-state index in [1.165, 1.54) is 11.1 Å². The fourth-order valence-electron chi connectivity index (χ4n) is 3.75. The van der Waals surface area contributed by atoms with Gasteiger partial charge in [-0.3, -0.25) is 9.36 Å². The molecule has 3 N–H and O–H groups in total. The summed E-state index contributed by atoms with van der Waals surface area (Å²) in [6.07, 6.45) is 8.61. The van der Waals surface area contributed by atoms with Crippen LogP contribution in [-0.4, -0.2) is 25.9 Å². The second-order valence-corrected chi connectivity index (χ2v) is 9.24. The lowest BCUT2D eigenvalue weighted by molar-refractivity contribution is -0.137. The maximum atomic E-state index is 11.0. The lowest BCUT2D eigenvalue weighted by atomic mass is 9.74. The van der Waals surface area contributed by atoms with Gasteiger partial charge in [0.1, 0.15) is 6.54 Å². The molecule has 0 saturated carbocycles. The number of aromatic nitrogens is 1. The number of allylic oxidation sites excluding steroid dienone is 4. The summed E-state index contributed by atoms with van der Waals surface area (Å²) in [4.78, 5) is 11.0. The van der Waals surface area contributed by atoms with Crippen LogP contribution in [0, 0.1) is 10.8 Å². The van der Waals surface area contributed by atoms with Crippen LogP contribution in [0.4, 0.5) is 0 Å². The first-order valence-electron chi connectivity index (χ1n) is 10.1. The van der Waals surface area contributed by atoms with E-state index in [4.69, 9.17) is 5.11 Å². The van der Waals surface area contributed by atoms with E-state index in [-0.39, 0.29) is 22.6 Å². The molecule has 0 radical (unpaired) electrons. The highest BCUT2D eigenvalue weighted by Crippen LogP contribution is 2.44. The van der Waals surface area contributed by atoms with Gasteiger partial charge in [-0.25, -0.2) is 0 Å². The first-order valence-corrected chi connectivity index (χ1v) is 10.1. The number of carbonyl (C=O) groups is 1. The van der Waals surface area contributed by atoms with Gasteiger partial charge in [-0.1, -0.05) is 57.9 Å². The van der Waals surface area contributed by atoms with Crippen LogP contribution in [0.5, 0.6) is 11.8 Å². The van der Waals surface area contributed by atoms with E-state index in [0.717, 1.165) is 23.8 Å². The Hall–Kier alpha value is -2.17. The average Bonchev–Trinajstić information content (AvgIpc) is 2.85. The second kappa shape index (κ2) is 8.06. The summed E-state index contributed by atoms with van der Waals surface area (Å²) in [7, 11) is 0. The molecule has 1 heterocycles. The highest BCUT2D eigenvalue weighted by molar-refractivity contribution is 5.68. The summed E-state index contributed by atoms with van der Waals surface area (Å²) in [5.41, 5.74) is 4.12.